The fourth-order valence-corrected chi connectivity index (χ4v) is 5.35. The molecule has 4 aromatic rings. The summed E-state index contributed by atoms with van der Waals surface area (Å²) >= 11 is 0. The van der Waals surface area contributed by atoms with Gasteiger partial charge in [-0.2, -0.15) is 0 Å². The van der Waals surface area contributed by atoms with Gasteiger partial charge in [0.1, 0.15) is 5.75 Å². The molecule has 0 unspecified atom stereocenters. The molecule has 0 spiro atoms. The van der Waals surface area contributed by atoms with Gasteiger partial charge in [-0.1, -0.05) is 84.0 Å². The van der Waals surface area contributed by atoms with Crippen molar-refractivity contribution in [3.63, 3.8) is 0 Å². The minimum atomic E-state index is -1.41. The van der Waals surface area contributed by atoms with Gasteiger partial charge < -0.3 is 14.6 Å². The van der Waals surface area contributed by atoms with Gasteiger partial charge in [-0.3, -0.25) is 10.2 Å². The number of amides is 1. The zero-order valence-corrected chi connectivity index (χ0v) is 25.3. The molecule has 0 aromatic heterocycles. The lowest BCUT2D eigenvalue weighted by Gasteiger charge is -2.32. The molecule has 10 nitrogen and oxygen atoms in total. The molecule has 1 amide bonds. The van der Waals surface area contributed by atoms with E-state index in [0.29, 0.717) is 30.2 Å². The molecule has 1 aliphatic heterocycles. The quantitative estimate of drug-likeness (QED) is 0.0634. The number of hydrogen-bond acceptors (Lipinski definition) is 7. The summed E-state index contributed by atoms with van der Waals surface area (Å²) in [5.41, 5.74) is 15.8. The zero-order chi connectivity index (χ0) is 31.6. The molecule has 1 heterocycles. The van der Waals surface area contributed by atoms with Crippen molar-refractivity contribution in [1.82, 2.24) is 10.4 Å². The minimum Gasteiger partial charge on any atom is -0.494 e. The number of aliphatic hydroxyl groups excluding tert-OH is 1. The van der Waals surface area contributed by atoms with Crippen molar-refractivity contribution < 1.29 is 19.4 Å². The first-order valence-corrected chi connectivity index (χ1v) is 14.8. The second-order valence-electron chi connectivity index (χ2n) is 10.9. The Morgan fingerprint density at radius 1 is 0.956 bits per heavy atom. The Hall–Kier alpha value is -5.15. The summed E-state index contributed by atoms with van der Waals surface area (Å²) in [7, 11) is 3.50. The normalized spacial score (nSPS) is 17.2. The first-order chi connectivity index (χ1) is 21.9. The van der Waals surface area contributed by atoms with Crippen LogP contribution < -0.4 is 10.2 Å². The Labute approximate surface area is 262 Å². The third kappa shape index (κ3) is 7.33. The standard InChI is InChI=1S/C35H36N6O4/c1-41(2)39-34(43)35(23-29-11-6-7-12-30(29)24-37-40-36)32(27-15-13-26(14-16-27)25-9-4-3-5-10-25)45-33(38-35)28-17-19-31(20-18-28)44-22-8-21-42/h3-7,9-20,32,42H,8,21-24H2,1-2H3,(H,39,43)/t32-,35-/m0/s1. The largest absolute Gasteiger partial charge is 0.494 e. The van der Waals surface area contributed by atoms with Crippen molar-refractivity contribution in [1.29, 1.82) is 0 Å². The van der Waals surface area contributed by atoms with E-state index in [0.717, 1.165) is 27.8 Å². The number of ether oxygens (including phenoxy) is 2. The fraction of sp³-hybridized carbons (Fsp3) is 0.257. The van der Waals surface area contributed by atoms with Crippen LogP contribution in [0, 0.1) is 0 Å². The maximum atomic E-state index is 14.3. The van der Waals surface area contributed by atoms with Gasteiger partial charge in [0.25, 0.3) is 5.91 Å². The Balaban J connectivity index is 1.60. The molecule has 2 atom stereocenters. The van der Waals surface area contributed by atoms with Crippen LogP contribution in [0.15, 0.2) is 113 Å². The van der Waals surface area contributed by atoms with Gasteiger partial charge in [0, 0.05) is 44.0 Å². The first-order valence-electron chi connectivity index (χ1n) is 14.8. The minimum absolute atomic E-state index is 0.0551. The van der Waals surface area contributed by atoms with Crippen LogP contribution in [0.3, 0.4) is 0 Å². The van der Waals surface area contributed by atoms with Crippen LogP contribution in [-0.2, 0) is 22.5 Å². The molecule has 0 aliphatic carbocycles. The molecule has 0 saturated carbocycles. The summed E-state index contributed by atoms with van der Waals surface area (Å²) in [5, 5.41) is 14.4. The third-order valence-electron chi connectivity index (χ3n) is 7.56. The molecule has 4 aromatic carbocycles. The third-order valence-corrected chi connectivity index (χ3v) is 7.56. The molecule has 0 fully saturated rings. The molecule has 0 saturated heterocycles. The highest BCUT2D eigenvalue weighted by Crippen LogP contribution is 2.43. The van der Waals surface area contributed by atoms with Crippen LogP contribution >= 0.6 is 0 Å². The Bertz CT molecular complexity index is 1670. The number of nitrogens with one attached hydrogen (secondary N) is 1. The van der Waals surface area contributed by atoms with Gasteiger partial charge in [0.15, 0.2) is 11.6 Å². The summed E-state index contributed by atoms with van der Waals surface area (Å²) in [6.45, 7) is 0.598. The number of hydrogen-bond donors (Lipinski definition) is 2. The molecule has 1 aliphatic rings. The summed E-state index contributed by atoms with van der Waals surface area (Å²) in [5.74, 6) is 0.653. The molecule has 0 bridgehead atoms. The van der Waals surface area contributed by atoms with Crippen LogP contribution in [0.2, 0.25) is 0 Å². The average molecular weight is 605 g/mol. The number of rotatable bonds is 13. The predicted octanol–water partition coefficient (Wildman–Crippen LogP) is 6.02. The second kappa shape index (κ2) is 14.5. The van der Waals surface area contributed by atoms with Crippen molar-refractivity contribution in [2.75, 3.05) is 27.3 Å². The number of carbonyl (C=O) groups excluding carboxylic acids is 1. The monoisotopic (exact) mass is 604 g/mol. The smallest absolute Gasteiger partial charge is 0.266 e. The van der Waals surface area contributed by atoms with E-state index in [9.17, 15) is 4.79 Å². The molecule has 5 rings (SSSR count). The Kier molecular flexibility index (Phi) is 10.1. The highest BCUT2D eigenvalue weighted by Gasteiger charge is 2.53. The molecule has 230 valence electrons. The molecule has 45 heavy (non-hydrogen) atoms. The van der Waals surface area contributed by atoms with E-state index in [1.165, 1.54) is 0 Å². The Morgan fingerprint density at radius 2 is 1.60 bits per heavy atom. The molecular formula is C35H36N6O4. The van der Waals surface area contributed by atoms with Crippen molar-refractivity contribution in [3.05, 3.63) is 136 Å². The van der Waals surface area contributed by atoms with Gasteiger partial charge in [0.05, 0.1) is 13.2 Å². The maximum absolute atomic E-state index is 14.3. The molecule has 2 N–H and O–H groups in total. The first kappa shape index (κ1) is 31.3. The van der Waals surface area contributed by atoms with Crippen LogP contribution in [0.4, 0.5) is 0 Å². The zero-order valence-electron chi connectivity index (χ0n) is 25.3. The van der Waals surface area contributed by atoms with Crippen molar-refractivity contribution in [3.8, 4) is 16.9 Å². The SMILES string of the molecule is CN(C)NC(=O)[C@@]1(Cc2ccccc2CN=[N+]=[N-])N=C(c2ccc(OCCCO)cc2)O[C@H]1c1ccc(-c2ccccc2)cc1. The van der Waals surface area contributed by atoms with E-state index in [4.69, 9.17) is 25.1 Å². The van der Waals surface area contributed by atoms with Gasteiger partial charge in [-0.05, 0) is 57.6 Å². The second-order valence-corrected chi connectivity index (χ2v) is 10.9. The van der Waals surface area contributed by atoms with Crippen molar-refractivity contribution in [2.24, 2.45) is 10.1 Å². The number of aliphatic hydroxyl groups is 1. The predicted molar refractivity (Wildman–Crippen MR) is 173 cm³/mol. The van der Waals surface area contributed by atoms with Gasteiger partial charge in [-0.15, -0.1) is 0 Å². The number of benzene rings is 4. The summed E-state index contributed by atoms with van der Waals surface area (Å²) < 4.78 is 12.3. The number of hydrazine groups is 1. The molecule has 0 radical (unpaired) electrons. The van der Waals surface area contributed by atoms with E-state index >= 15 is 0 Å². The summed E-state index contributed by atoms with van der Waals surface area (Å²) in [4.78, 5) is 22.3. The van der Waals surface area contributed by atoms with Crippen LogP contribution in [0.5, 0.6) is 5.75 Å². The van der Waals surface area contributed by atoms with Crippen molar-refractivity contribution >= 4 is 11.8 Å². The maximum Gasteiger partial charge on any atom is 0.266 e. The van der Waals surface area contributed by atoms with Crippen LogP contribution in [-0.4, -0.2) is 54.8 Å². The van der Waals surface area contributed by atoms with E-state index in [1.807, 2.05) is 91.0 Å². The van der Waals surface area contributed by atoms with Gasteiger partial charge >= 0.3 is 0 Å². The number of carbonyl (C=O) groups is 1. The Morgan fingerprint density at radius 3 is 2.27 bits per heavy atom. The topological polar surface area (TPSA) is 132 Å². The lowest BCUT2D eigenvalue weighted by Crippen LogP contribution is -2.53. The lowest BCUT2D eigenvalue weighted by atomic mass is 9.80. The summed E-state index contributed by atoms with van der Waals surface area (Å²) in [6, 6.07) is 33.0. The van der Waals surface area contributed by atoms with E-state index in [2.05, 4.69) is 27.6 Å². The number of aliphatic imine (C=N–C) groups is 1. The van der Waals surface area contributed by atoms with Crippen LogP contribution in [0.1, 0.15) is 34.8 Å². The average Bonchev–Trinajstić information content (AvgIpc) is 3.45. The number of azide groups is 1. The van der Waals surface area contributed by atoms with Crippen LogP contribution in [0.25, 0.3) is 21.6 Å². The van der Waals surface area contributed by atoms with Gasteiger partial charge in [-0.25, -0.2) is 10.0 Å². The van der Waals surface area contributed by atoms with E-state index in [1.54, 1.807) is 19.1 Å². The number of nitrogens with zero attached hydrogens (tertiary/aromatic N) is 5. The highest BCUT2D eigenvalue weighted by atomic mass is 16.5. The van der Waals surface area contributed by atoms with E-state index in [-0.39, 0.29) is 25.5 Å². The molecular weight excluding hydrogens is 568 g/mol. The van der Waals surface area contributed by atoms with E-state index < -0.39 is 11.6 Å². The highest BCUT2D eigenvalue weighted by molar-refractivity contribution is 6.01. The summed E-state index contributed by atoms with van der Waals surface area (Å²) in [6.07, 6.45) is -0.0430. The van der Waals surface area contributed by atoms with Crippen molar-refractivity contribution in [2.45, 2.75) is 31.0 Å². The molecule has 10 heteroatoms. The lowest BCUT2D eigenvalue weighted by molar-refractivity contribution is -0.132. The fourth-order valence-electron chi connectivity index (χ4n) is 5.35. The van der Waals surface area contributed by atoms with Gasteiger partial charge in [0.2, 0.25) is 5.90 Å².